The molecule has 110 valence electrons. The highest BCUT2D eigenvalue weighted by molar-refractivity contribution is 6.34. The summed E-state index contributed by atoms with van der Waals surface area (Å²) in [5, 5.41) is -0.234. The van der Waals surface area contributed by atoms with Gasteiger partial charge in [-0.3, -0.25) is 9.59 Å². The summed E-state index contributed by atoms with van der Waals surface area (Å²) >= 11 is 5.79. The van der Waals surface area contributed by atoms with Crippen LogP contribution in [0.5, 0.6) is 0 Å². The Balaban J connectivity index is 2.93. The van der Waals surface area contributed by atoms with Gasteiger partial charge in [0.1, 0.15) is 12.4 Å². The Bertz CT molecular complexity index is 493. The molecule has 1 aromatic rings. The van der Waals surface area contributed by atoms with Crippen LogP contribution in [0.4, 0.5) is 4.39 Å². The van der Waals surface area contributed by atoms with Gasteiger partial charge in [0.2, 0.25) is 0 Å². The Morgan fingerprint density at radius 1 is 1.35 bits per heavy atom. The second-order valence-electron chi connectivity index (χ2n) is 4.13. The van der Waals surface area contributed by atoms with Crippen LogP contribution in [0, 0.1) is 5.82 Å². The molecule has 20 heavy (non-hydrogen) atoms. The molecule has 0 aromatic heterocycles. The first-order chi connectivity index (χ1) is 9.51. The van der Waals surface area contributed by atoms with Crippen molar-refractivity contribution in [1.82, 2.24) is 4.90 Å². The smallest absolute Gasteiger partial charge is 0.325 e. The largest absolute Gasteiger partial charge is 0.465 e. The fourth-order valence-electron chi connectivity index (χ4n) is 1.72. The van der Waals surface area contributed by atoms with Crippen molar-refractivity contribution in [3.8, 4) is 0 Å². The Labute approximate surface area is 122 Å². The predicted molar refractivity (Wildman–Crippen MR) is 74.2 cm³/mol. The van der Waals surface area contributed by atoms with E-state index in [0.717, 1.165) is 0 Å². The number of benzene rings is 1. The molecule has 0 atom stereocenters. The topological polar surface area (TPSA) is 46.6 Å². The van der Waals surface area contributed by atoms with Gasteiger partial charge in [-0.25, -0.2) is 4.39 Å². The second kappa shape index (κ2) is 7.85. The van der Waals surface area contributed by atoms with E-state index in [9.17, 15) is 14.0 Å². The van der Waals surface area contributed by atoms with Gasteiger partial charge in [-0.15, -0.1) is 0 Å². The van der Waals surface area contributed by atoms with Crippen molar-refractivity contribution < 1.29 is 18.7 Å². The van der Waals surface area contributed by atoms with Gasteiger partial charge in [-0.05, 0) is 25.5 Å². The lowest BCUT2D eigenvalue weighted by Gasteiger charge is -2.21. The molecule has 1 rings (SSSR count). The van der Waals surface area contributed by atoms with Crippen molar-refractivity contribution in [2.24, 2.45) is 0 Å². The molecule has 0 saturated carbocycles. The van der Waals surface area contributed by atoms with Gasteiger partial charge >= 0.3 is 5.97 Å². The third kappa shape index (κ3) is 4.20. The quantitative estimate of drug-likeness (QED) is 0.759. The molecule has 0 aliphatic rings. The van der Waals surface area contributed by atoms with Crippen LogP contribution in [0.25, 0.3) is 0 Å². The molecule has 1 amide bonds. The van der Waals surface area contributed by atoms with Crippen LogP contribution in [-0.2, 0) is 9.53 Å². The number of carbonyl (C=O) groups is 2. The highest BCUT2D eigenvalue weighted by atomic mass is 35.5. The van der Waals surface area contributed by atoms with Crippen LogP contribution in [-0.4, -0.2) is 36.5 Å². The molecule has 0 aliphatic heterocycles. The van der Waals surface area contributed by atoms with Crippen LogP contribution in [0.3, 0.4) is 0 Å². The summed E-state index contributed by atoms with van der Waals surface area (Å²) in [7, 11) is 0. The lowest BCUT2D eigenvalue weighted by Crippen LogP contribution is -2.37. The molecule has 0 saturated heterocycles. The molecule has 0 heterocycles. The first kappa shape index (κ1) is 16.4. The monoisotopic (exact) mass is 301 g/mol. The van der Waals surface area contributed by atoms with E-state index in [1.165, 1.54) is 23.1 Å². The second-order valence-corrected chi connectivity index (χ2v) is 4.51. The summed E-state index contributed by atoms with van der Waals surface area (Å²) in [6.45, 7) is 4.00. The average Bonchev–Trinajstić information content (AvgIpc) is 2.41. The van der Waals surface area contributed by atoms with Gasteiger partial charge in [0.05, 0.1) is 17.2 Å². The number of halogens is 2. The summed E-state index contributed by atoms with van der Waals surface area (Å²) in [5.74, 6) is -1.64. The standard InChI is InChI=1S/C14H17ClFNO3/c1-3-8-17(9-12(18)20-4-2)14(19)10-6-5-7-11(16)13(10)15/h5-7H,3-4,8-9H2,1-2H3. The van der Waals surface area contributed by atoms with Crippen LogP contribution >= 0.6 is 11.6 Å². The number of hydrogen-bond donors (Lipinski definition) is 0. The molecular weight excluding hydrogens is 285 g/mol. The molecule has 6 heteroatoms. The van der Waals surface area contributed by atoms with Crippen LogP contribution in [0.2, 0.25) is 5.02 Å². The van der Waals surface area contributed by atoms with Gasteiger partial charge in [0, 0.05) is 6.54 Å². The van der Waals surface area contributed by atoms with Crippen molar-refractivity contribution in [3.05, 3.63) is 34.6 Å². The molecule has 0 aliphatic carbocycles. The fourth-order valence-corrected chi connectivity index (χ4v) is 1.93. The normalized spacial score (nSPS) is 10.2. The Morgan fingerprint density at radius 2 is 2.05 bits per heavy atom. The molecule has 4 nitrogen and oxygen atoms in total. The summed E-state index contributed by atoms with van der Waals surface area (Å²) in [5.41, 5.74) is 0.0458. The minimum atomic E-state index is -0.662. The van der Waals surface area contributed by atoms with Crippen molar-refractivity contribution in [1.29, 1.82) is 0 Å². The number of nitrogens with zero attached hydrogens (tertiary/aromatic N) is 1. The minimum absolute atomic E-state index is 0.0458. The molecule has 0 N–H and O–H groups in total. The summed E-state index contributed by atoms with van der Waals surface area (Å²) in [4.78, 5) is 25.1. The van der Waals surface area contributed by atoms with Gasteiger partial charge in [-0.1, -0.05) is 24.6 Å². The molecule has 0 bridgehead atoms. The van der Waals surface area contributed by atoms with Crippen LogP contribution in [0.1, 0.15) is 30.6 Å². The summed E-state index contributed by atoms with van der Waals surface area (Å²) < 4.78 is 18.2. The highest BCUT2D eigenvalue weighted by Crippen LogP contribution is 2.21. The lowest BCUT2D eigenvalue weighted by molar-refractivity contribution is -0.143. The molecule has 0 unspecified atom stereocenters. The van der Waals surface area contributed by atoms with Crippen molar-refractivity contribution >= 4 is 23.5 Å². The average molecular weight is 302 g/mol. The summed E-state index contributed by atoms with van der Waals surface area (Å²) in [6.07, 6.45) is 0.665. The third-order valence-electron chi connectivity index (χ3n) is 2.59. The van der Waals surface area contributed by atoms with E-state index < -0.39 is 17.7 Å². The van der Waals surface area contributed by atoms with E-state index in [1.807, 2.05) is 6.92 Å². The van der Waals surface area contributed by atoms with Crippen molar-refractivity contribution in [2.75, 3.05) is 19.7 Å². The predicted octanol–water partition coefficient (Wildman–Crippen LogP) is 2.89. The van der Waals surface area contributed by atoms with Gasteiger partial charge in [0.25, 0.3) is 5.91 Å². The molecular formula is C14H17ClFNO3. The zero-order valence-electron chi connectivity index (χ0n) is 11.5. The first-order valence-electron chi connectivity index (χ1n) is 6.40. The zero-order chi connectivity index (χ0) is 15.1. The maximum absolute atomic E-state index is 13.4. The minimum Gasteiger partial charge on any atom is -0.465 e. The Kier molecular flexibility index (Phi) is 6.45. The van der Waals surface area contributed by atoms with E-state index in [0.29, 0.717) is 13.0 Å². The Morgan fingerprint density at radius 3 is 2.65 bits per heavy atom. The van der Waals surface area contributed by atoms with E-state index >= 15 is 0 Å². The maximum Gasteiger partial charge on any atom is 0.325 e. The first-order valence-corrected chi connectivity index (χ1v) is 6.77. The van der Waals surface area contributed by atoms with E-state index in [2.05, 4.69) is 0 Å². The molecule has 0 fully saturated rings. The number of ether oxygens (including phenoxy) is 1. The molecule has 1 aromatic carbocycles. The van der Waals surface area contributed by atoms with Gasteiger partial charge in [0.15, 0.2) is 0 Å². The van der Waals surface area contributed by atoms with Crippen molar-refractivity contribution in [3.63, 3.8) is 0 Å². The summed E-state index contributed by atoms with van der Waals surface area (Å²) in [6, 6.07) is 4.01. The molecule has 0 radical (unpaired) electrons. The van der Waals surface area contributed by atoms with Crippen LogP contribution in [0.15, 0.2) is 18.2 Å². The van der Waals surface area contributed by atoms with E-state index in [4.69, 9.17) is 16.3 Å². The van der Waals surface area contributed by atoms with Crippen LogP contribution < -0.4 is 0 Å². The molecule has 0 spiro atoms. The van der Waals surface area contributed by atoms with Gasteiger partial charge in [-0.2, -0.15) is 0 Å². The number of esters is 1. The zero-order valence-corrected chi connectivity index (χ0v) is 12.2. The number of carbonyl (C=O) groups excluding carboxylic acids is 2. The number of rotatable bonds is 6. The number of hydrogen-bond acceptors (Lipinski definition) is 3. The maximum atomic E-state index is 13.4. The lowest BCUT2D eigenvalue weighted by atomic mass is 10.2. The third-order valence-corrected chi connectivity index (χ3v) is 2.97. The van der Waals surface area contributed by atoms with Crippen molar-refractivity contribution in [2.45, 2.75) is 20.3 Å². The van der Waals surface area contributed by atoms with E-state index in [1.54, 1.807) is 6.92 Å². The fraction of sp³-hybridized carbons (Fsp3) is 0.429. The SMILES string of the molecule is CCCN(CC(=O)OCC)C(=O)c1cccc(F)c1Cl. The van der Waals surface area contributed by atoms with E-state index in [-0.39, 0.29) is 23.7 Å². The number of amides is 1. The Hall–Kier alpha value is -1.62. The highest BCUT2D eigenvalue weighted by Gasteiger charge is 2.22. The van der Waals surface area contributed by atoms with Gasteiger partial charge < -0.3 is 9.64 Å².